The Morgan fingerprint density at radius 3 is 2.70 bits per heavy atom. The minimum atomic E-state index is 0.598. The quantitative estimate of drug-likeness (QED) is 0.448. The molecule has 144 valence electrons. The zero-order chi connectivity index (χ0) is 18.9. The van der Waals surface area contributed by atoms with Gasteiger partial charge in [0.15, 0.2) is 11.8 Å². The van der Waals surface area contributed by atoms with Gasteiger partial charge in [0.2, 0.25) is 0 Å². The minimum Gasteiger partial charge on any atom is -0.356 e. The van der Waals surface area contributed by atoms with Gasteiger partial charge in [-0.2, -0.15) is 0 Å². The number of nitrogens with zero attached hydrogens (tertiary/aromatic N) is 4. The SMILES string of the molecule is Cc1nnc(CNC(=NCc2ccccc2)NCCC2=CCCCC2)n1C. The van der Waals surface area contributed by atoms with Crippen molar-refractivity contribution in [3.63, 3.8) is 0 Å². The highest BCUT2D eigenvalue weighted by atomic mass is 15.3. The molecular weight excluding hydrogens is 336 g/mol. The second-order valence-corrected chi connectivity index (χ2v) is 7.01. The first-order chi connectivity index (χ1) is 13.2. The molecule has 2 N–H and O–H groups in total. The molecule has 6 heteroatoms. The van der Waals surface area contributed by atoms with Crippen molar-refractivity contribution in [1.82, 2.24) is 25.4 Å². The van der Waals surface area contributed by atoms with Crippen LogP contribution in [0, 0.1) is 6.92 Å². The maximum atomic E-state index is 4.75. The lowest BCUT2D eigenvalue weighted by Crippen LogP contribution is -2.38. The van der Waals surface area contributed by atoms with Crippen molar-refractivity contribution in [1.29, 1.82) is 0 Å². The average Bonchev–Trinajstić information content (AvgIpc) is 3.03. The molecule has 1 heterocycles. The fraction of sp³-hybridized carbons (Fsp3) is 0.476. The van der Waals surface area contributed by atoms with Gasteiger partial charge in [-0.05, 0) is 44.6 Å². The van der Waals surface area contributed by atoms with Crippen molar-refractivity contribution in [2.45, 2.75) is 52.1 Å². The van der Waals surface area contributed by atoms with Gasteiger partial charge in [0.05, 0.1) is 13.1 Å². The molecule has 0 amide bonds. The van der Waals surface area contributed by atoms with Crippen LogP contribution in [0.1, 0.15) is 49.3 Å². The number of guanidine groups is 1. The van der Waals surface area contributed by atoms with Gasteiger partial charge in [0.1, 0.15) is 5.82 Å². The Balaban J connectivity index is 1.58. The van der Waals surface area contributed by atoms with E-state index >= 15 is 0 Å². The molecule has 1 aliphatic carbocycles. The zero-order valence-corrected chi connectivity index (χ0v) is 16.4. The summed E-state index contributed by atoms with van der Waals surface area (Å²) in [7, 11) is 1.98. The molecule has 0 bridgehead atoms. The smallest absolute Gasteiger partial charge is 0.191 e. The van der Waals surface area contributed by atoms with E-state index in [1.54, 1.807) is 5.57 Å². The standard InChI is InChI=1S/C21H30N6/c1-17-25-26-20(27(17)2)16-24-21(23-15-19-11-7-4-8-12-19)22-14-13-18-9-5-3-6-10-18/h4,7-9,11-12H,3,5-6,10,13-16H2,1-2H3,(H2,22,23,24). The summed E-state index contributed by atoms with van der Waals surface area (Å²) in [6, 6.07) is 10.3. The number of hydrogen-bond acceptors (Lipinski definition) is 3. The number of allylic oxidation sites excluding steroid dienone is 1. The monoisotopic (exact) mass is 366 g/mol. The molecule has 0 saturated carbocycles. The van der Waals surface area contributed by atoms with Crippen molar-refractivity contribution < 1.29 is 0 Å². The van der Waals surface area contributed by atoms with E-state index in [9.17, 15) is 0 Å². The number of aryl methyl sites for hydroxylation is 1. The average molecular weight is 367 g/mol. The van der Waals surface area contributed by atoms with Gasteiger partial charge in [-0.3, -0.25) is 0 Å². The normalized spacial score (nSPS) is 14.7. The number of benzene rings is 1. The van der Waals surface area contributed by atoms with E-state index in [0.29, 0.717) is 13.1 Å². The Morgan fingerprint density at radius 2 is 2.00 bits per heavy atom. The maximum absolute atomic E-state index is 4.75. The molecule has 2 aromatic rings. The number of hydrogen-bond donors (Lipinski definition) is 2. The Labute approximate surface area is 161 Å². The van der Waals surface area contributed by atoms with Crippen molar-refractivity contribution in [2.24, 2.45) is 12.0 Å². The van der Waals surface area contributed by atoms with Crippen molar-refractivity contribution in [3.8, 4) is 0 Å². The van der Waals surface area contributed by atoms with Crippen LogP contribution in [0.4, 0.5) is 0 Å². The number of aromatic nitrogens is 3. The van der Waals surface area contributed by atoms with Crippen LogP contribution in [0.3, 0.4) is 0 Å². The Kier molecular flexibility index (Phi) is 7.02. The van der Waals surface area contributed by atoms with Gasteiger partial charge >= 0.3 is 0 Å². The van der Waals surface area contributed by atoms with E-state index in [1.165, 1.54) is 31.2 Å². The highest BCUT2D eigenvalue weighted by Crippen LogP contribution is 2.19. The molecule has 0 atom stereocenters. The second kappa shape index (κ2) is 9.90. The fourth-order valence-corrected chi connectivity index (χ4v) is 3.17. The molecule has 0 fully saturated rings. The van der Waals surface area contributed by atoms with E-state index in [4.69, 9.17) is 4.99 Å². The molecule has 1 aromatic carbocycles. The molecule has 0 spiro atoms. The summed E-state index contributed by atoms with van der Waals surface area (Å²) in [6.07, 6.45) is 8.61. The number of rotatable bonds is 7. The van der Waals surface area contributed by atoms with Gasteiger partial charge in [-0.25, -0.2) is 4.99 Å². The summed E-state index contributed by atoms with van der Waals surface area (Å²) in [5, 5.41) is 15.2. The van der Waals surface area contributed by atoms with Crippen molar-refractivity contribution in [2.75, 3.05) is 6.54 Å². The lowest BCUT2D eigenvalue weighted by atomic mass is 9.97. The topological polar surface area (TPSA) is 67.1 Å². The zero-order valence-electron chi connectivity index (χ0n) is 16.4. The van der Waals surface area contributed by atoms with Gasteiger partial charge in [0, 0.05) is 13.6 Å². The van der Waals surface area contributed by atoms with Crippen LogP contribution < -0.4 is 10.6 Å². The maximum Gasteiger partial charge on any atom is 0.191 e. The number of aliphatic imine (C=N–C) groups is 1. The third kappa shape index (κ3) is 5.94. The highest BCUT2D eigenvalue weighted by Gasteiger charge is 2.07. The summed E-state index contributed by atoms with van der Waals surface area (Å²) in [4.78, 5) is 4.75. The Bertz CT molecular complexity index is 775. The largest absolute Gasteiger partial charge is 0.356 e. The first kappa shape index (κ1) is 19.1. The summed E-state index contributed by atoms with van der Waals surface area (Å²) in [6.45, 7) is 4.10. The predicted molar refractivity (Wildman–Crippen MR) is 109 cm³/mol. The molecule has 0 aliphatic heterocycles. The molecule has 6 nitrogen and oxygen atoms in total. The van der Waals surface area contributed by atoms with Crippen LogP contribution in [0.15, 0.2) is 47.0 Å². The van der Waals surface area contributed by atoms with Gasteiger partial charge in [-0.1, -0.05) is 42.0 Å². The third-order valence-corrected chi connectivity index (χ3v) is 4.98. The van der Waals surface area contributed by atoms with Crippen LogP contribution in [-0.4, -0.2) is 27.3 Å². The summed E-state index contributed by atoms with van der Waals surface area (Å²) in [5.41, 5.74) is 2.77. The van der Waals surface area contributed by atoms with Crippen LogP contribution in [-0.2, 0) is 20.1 Å². The molecule has 0 saturated heterocycles. The van der Waals surface area contributed by atoms with Crippen LogP contribution in [0.25, 0.3) is 0 Å². The molecule has 27 heavy (non-hydrogen) atoms. The Morgan fingerprint density at radius 1 is 1.15 bits per heavy atom. The first-order valence-electron chi connectivity index (χ1n) is 9.81. The van der Waals surface area contributed by atoms with Gasteiger partial charge in [-0.15, -0.1) is 10.2 Å². The fourth-order valence-electron chi connectivity index (χ4n) is 3.17. The van der Waals surface area contributed by atoms with Crippen LogP contribution in [0.5, 0.6) is 0 Å². The van der Waals surface area contributed by atoms with Crippen molar-refractivity contribution >= 4 is 5.96 Å². The van der Waals surface area contributed by atoms with Crippen molar-refractivity contribution in [3.05, 3.63) is 59.2 Å². The lowest BCUT2D eigenvalue weighted by Gasteiger charge is -2.15. The summed E-state index contributed by atoms with van der Waals surface area (Å²) in [5.74, 6) is 2.62. The van der Waals surface area contributed by atoms with E-state index < -0.39 is 0 Å². The van der Waals surface area contributed by atoms with Gasteiger partial charge < -0.3 is 15.2 Å². The van der Waals surface area contributed by atoms with E-state index in [1.807, 2.05) is 36.7 Å². The summed E-state index contributed by atoms with van der Waals surface area (Å²) < 4.78 is 1.99. The first-order valence-corrected chi connectivity index (χ1v) is 9.81. The van der Waals surface area contributed by atoms with E-state index in [0.717, 1.165) is 30.6 Å². The predicted octanol–water partition coefficient (Wildman–Crippen LogP) is 3.25. The van der Waals surface area contributed by atoms with Crippen LogP contribution in [0.2, 0.25) is 0 Å². The third-order valence-electron chi connectivity index (χ3n) is 4.98. The molecule has 1 aromatic heterocycles. The lowest BCUT2D eigenvalue weighted by molar-refractivity contribution is 0.662. The molecule has 1 aliphatic rings. The highest BCUT2D eigenvalue weighted by molar-refractivity contribution is 5.79. The molecule has 3 rings (SSSR count). The molecule has 0 unspecified atom stereocenters. The van der Waals surface area contributed by atoms with E-state index in [2.05, 4.69) is 39.0 Å². The second-order valence-electron chi connectivity index (χ2n) is 7.01. The minimum absolute atomic E-state index is 0.598. The number of nitrogens with one attached hydrogen (secondary N) is 2. The summed E-state index contributed by atoms with van der Waals surface area (Å²) >= 11 is 0. The van der Waals surface area contributed by atoms with E-state index in [-0.39, 0.29) is 0 Å². The molecule has 0 radical (unpaired) electrons. The Hall–Kier alpha value is -2.63. The van der Waals surface area contributed by atoms with Gasteiger partial charge in [0.25, 0.3) is 0 Å². The molecular formula is C21H30N6. The van der Waals surface area contributed by atoms with Crippen LogP contribution >= 0.6 is 0 Å².